The van der Waals surface area contributed by atoms with E-state index in [9.17, 15) is 0 Å². The maximum Gasteiger partial charge on any atom is 0.0474 e. The lowest BCUT2D eigenvalue weighted by Gasteiger charge is -2.17. The first-order chi connectivity index (χ1) is 7.69. The molecule has 16 heavy (non-hydrogen) atoms. The average Bonchev–Trinajstić information content (AvgIpc) is 2.26. The fraction of sp³-hybridized carbons (Fsp3) is 0.500. The van der Waals surface area contributed by atoms with Crippen molar-refractivity contribution in [2.24, 2.45) is 5.84 Å². The Kier molecular flexibility index (Phi) is 6.14. The summed E-state index contributed by atoms with van der Waals surface area (Å²) in [7, 11) is 0. The molecule has 0 radical (unpaired) electrons. The van der Waals surface area contributed by atoms with Gasteiger partial charge in [0.2, 0.25) is 0 Å². The van der Waals surface area contributed by atoms with Crippen LogP contribution in [0.2, 0.25) is 10.0 Å². The van der Waals surface area contributed by atoms with E-state index in [-0.39, 0.29) is 6.04 Å². The van der Waals surface area contributed by atoms with Crippen molar-refractivity contribution >= 4 is 23.2 Å². The molecule has 0 heterocycles. The van der Waals surface area contributed by atoms with Gasteiger partial charge in [0.05, 0.1) is 0 Å². The van der Waals surface area contributed by atoms with Gasteiger partial charge in [-0.25, -0.2) is 0 Å². The number of benzene rings is 1. The fourth-order valence-corrected chi connectivity index (χ4v) is 2.25. The van der Waals surface area contributed by atoms with E-state index in [4.69, 9.17) is 29.0 Å². The van der Waals surface area contributed by atoms with Gasteiger partial charge in [0.1, 0.15) is 0 Å². The van der Waals surface area contributed by atoms with E-state index < -0.39 is 0 Å². The number of nitrogens with one attached hydrogen (secondary N) is 1. The lowest BCUT2D eigenvalue weighted by Crippen LogP contribution is -2.28. The first kappa shape index (κ1) is 13.8. The summed E-state index contributed by atoms with van der Waals surface area (Å²) < 4.78 is 0. The van der Waals surface area contributed by atoms with Gasteiger partial charge in [-0.2, -0.15) is 0 Å². The molecule has 3 N–H and O–H groups in total. The zero-order valence-electron chi connectivity index (χ0n) is 9.47. The molecule has 1 rings (SSSR count). The molecule has 0 fully saturated rings. The molecule has 1 aromatic rings. The van der Waals surface area contributed by atoms with Crippen LogP contribution in [0.3, 0.4) is 0 Å². The normalized spacial score (nSPS) is 12.8. The highest BCUT2D eigenvalue weighted by molar-refractivity contribution is 6.35. The predicted octanol–water partition coefficient (Wildman–Crippen LogP) is 4.08. The minimum atomic E-state index is 0.108. The van der Waals surface area contributed by atoms with Gasteiger partial charge < -0.3 is 0 Å². The number of rotatable bonds is 6. The van der Waals surface area contributed by atoms with Crippen LogP contribution >= 0.6 is 23.2 Å². The number of nitrogens with two attached hydrogens (primary N) is 1. The van der Waals surface area contributed by atoms with Crippen LogP contribution in [0.4, 0.5) is 0 Å². The summed E-state index contributed by atoms with van der Waals surface area (Å²) in [5.74, 6) is 5.55. The van der Waals surface area contributed by atoms with Crippen molar-refractivity contribution in [3.8, 4) is 0 Å². The summed E-state index contributed by atoms with van der Waals surface area (Å²) in [5.41, 5.74) is 3.83. The number of hydrogen-bond donors (Lipinski definition) is 2. The molecule has 90 valence electrons. The first-order valence-corrected chi connectivity index (χ1v) is 6.35. The molecule has 0 aromatic heterocycles. The first-order valence-electron chi connectivity index (χ1n) is 5.60. The Hall–Kier alpha value is -0.280. The molecule has 0 saturated heterocycles. The van der Waals surface area contributed by atoms with Crippen LogP contribution in [-0.4, -0.2) is 0 Å². The molecule has 1 unspecified atom stereocenters. The molecule has 1 aromatic carbocycles. The van der Waals surface area contributed by atoms with Gasteiger partial charge in [-0.05, 0) is 24.1 Å². The van der Waals surface area contributed by atoms with Gasteiger partial charge in [-0.1, -0.05) is 55.5 Å². The van der Waals surface area contributed by atoms with E-state index in [2.05, 4.69) is 12.3 Å². The van der Waals surface area contributed by atoms with Gasteiger partial charge in [-0.3, -0.25) is 11.3 Å². The Morgan fingerprint density at radius 1 is 1.31 bits per heavy atom. The highest BCUT2D eigenvalue weighted by atomic mass is 35.5. The number of hydrogen-bond acceptors (Lipinski definition) is 2. The molecule has 0 aliphatic rings. The van der Waals surface area contributed by atoms with Crippen LogP contribution < -0.4 is 11.3 Å². The lowest BCUT2D eigenvalue weighted by molar-refractivity contribution is 0.487. The summed E-state index contributed by atoms with van der Waals surface area (Å²) in [4.78, 5) is 0. The summed E-state index contributed by atoms with van der Waals surface area (Å²) in [6, 6.07) is 5.63. The van der Waals surface area contributed by atoms with E-state index in [1.807, 2.05) is 12.1 Å². The molecule has 0 bridgehead atoms. The Labute approximate surface area is 107 Å². The molecule has 0 aliphatic carbocycles. The van der Waals surface area contributed by atoms with E-state index >= 15 is 0 Å². The van der Waals surface area contributed by atoms with Gasteiger partial charge in [0.15, 0.2) is 0 Å². The smallest absolute Gasteiger partial charge is 0.0474 e. The van der Waals surface area contributed by atoms with Crippen molar-refractivity contribution < 1.29 is 0 Å². The zero-order valence-corrected chi connectivity index (χ0v) is 11.0. The standard InChI is InChI=1S/C12H18Cl2N2/c1-2-3-4-5-12(16-15)10-7-6-9(13)8-11(10)14/h6-8,12,16H,2-5,15H2,1H3. The second kappa shape index (κ2) is 7.13. The highest BCUT2D eigenvalue weighted by Crippen LogP contribution is 2.28. The fourth-order valence-electron chi connectivity index (χ4n) is 1.71. The maximum absolute atomic E-state index is 6.14. The van der Waals surface area contributed by atoms with Crippen LogP contribution in [0.5, 0.6) is 0 Å². The average molecular weight is 261 g/mol. The van der Waals surface area contributed by atoms with Crippen molar-refractivity contribution in [1.29, 1.82) is 0 Å². The third-order valence-corrected chi connectivity index (χ3v) is 3.20. The number of hydrazine groups is 1. The van der Waals surface area contributed by atoms with Gasteiger partial charge in [0, 0.05) is 16.1 Å². The van der Waals surface area contributed by atoms with Gasteiger partial charge in [0.25, 0.3) is 0 Å². The molecular weight excluding hydrogens is 243 g/mol. The van der Waals surface area contributed by atoms with Crippen molar-refractivity contribution in [3.63, 3.8) is 0 Å². The van der Waals surface area contributed by atoms with Crippen molar-refractivity contribution in [1.82, 2.24) is 5.43 Å². The predicted molar refractivity (Wildman–Crippen MR) is 70.7 cm³/mol. The second-order valence-electron chi connectivity index (χ2n) is 3.88. The van der Waals surface area contributed by atoms with Crippen LogP contribution in [0.15, 0.2) is 18.2 Å². The maximum atomic E-state index is 6.14. The van der Waals surface area contributed by atoms with Crippen LogP contribution in [0, 0.1) is 0 Å². The number of unbranched alkanes of at least 4 members (excludes halogenated alkanes) is 2. The molecule has 0 aliphatic heterocycles. The van der Waals surface area contributed by atoms with Crippen molar-refractivity contribution in [2.45, 2.75) is 38.6 Å². The van der Waals surface area contributed by atoms with E-state index in [1.165, 1.54) is 12.8 Å². The molecular formula is C12H18Cl2N2. The molecule has 0 amide bonds. The monoisotopic (exact) mass is 260 g/mol. The van der Waals surface area contributed by atoms with Crippen molar-refractivity contribution in [2.75, 3.05) is 0 Å². The summed E-state index contributed by atoms with van der Waals surface area (Å²) in [6.07, 6.45) is 4.55. The minimum Gasteiger partial charge on any atom is -0.271 e. The van der Waals surface area contributed by atoms with Crippen LogP contribution in [0.1, 0.15) is 44.2 Å². The van der Waals surface area contributed by atoms with E-state index in [0.29, 0.717) is 10.0 Å². The second-order valence-corrected chi connectivity index (χ2v) is 4.72. The number of halogens is 2. The molecule has 0 spiro atoms. The quantitative estimate of drug-likeness (QED) is 0.460. The molecule has 0 saturated carbocycles. The molecule has 4 heteroatoms. The highest BCUT2D eigenvalue weighted by Gasteiger charge is 2.12. The summed E-state index contributed by atoms with van der Waals surface area (Å²) in [6.45, 7) is 2.18. The Morgan fingerprint density at radius 3 is 2.62 bits per heavy atom. The Bertz CT molecular complexity index is 329. The molecule has 1 atom stereocenters. The third kappa shape index (κ3) is 3.95. The van der Waals surface area contributed by atoms with Crippen LogP contribution in [-0.2, 0) is 0 Å². The zero-order chi connectivity index (χ0) is 12.0. The largest absolute Gasteiger partial charge is 0.271 e. The van der Waals surface area contributed by atoms with E-state index in [0.717, 1.165) is 18.4 Å². The lowest BCUT2D eigenvalue weighted by atomic mass is 10.0. The minimum absolute atomic E-state index is 0.108. The van der Waals surface area contributed by atoms with Gasteiger partial charge in [-0.15, -0.1) is 0 Å². The topological polar surface area (TPSA) is 38.0 Å². The van der Waals surface area contributed by atoms with Crippen molar-refractivity contribution in [3.05, 3.63) is 33.8 Å². The molecule has 2 nitrogen and oxygen atoms in total. The van der Waals surface area contributed by atoms with Crippen LogP contribution in [0.25, 0.3) is 0 Å². The SMILES string of the molecule is CCCCCC(NN)c1ccc(Cl)cc1Cl. The Balaban J connectivity index is 2.70. The summed E-state index contributed by atoms with van der Waals surface area (Å²) >= 11 is 12.0. The third-order valence-electron chi connectivity index (χ3n) is 2.64. The Morgan fingerprint density at radius 2 is 2.06 bits per heavy atom. The van der Waals surface area contributed by atoms with Gasteiger partial charge >= 0.3 is 0 Å². The van der Waals surface area contributed by atoms with E-state index in [1.54, 1.807) is 6.07 Å². The summed E-state index contributed by atoms with van der Waals surface area (Å²) in [5, 5.41) is 1.32.